The summed E-state index contributed by atoms with van der Waals surface area (Å²) in [7, 11) is 0. The van der Waals surface area contributed by atoms with Gasteiger partial charge in [-0.1, -0.05) is 15.9 Å². The number of ether oxygens (including phenoxy) is 1. The first-order chi connectivity index (χ1) is 7.18. The van der Waals surface area contributed by atoms with E-state index in [0.29, 0.717) is 10.7 Å². The minimum Gasteiger partial charge on any atom is -0.381 e. The van der Waals surface area contributed by atoms with Crippen LogP contribution in [0.1, 0.15) is 23.2 Å². The van der Waals surface area contributed by atoms with Crippen molar-refractivity contribution < 1.29 is 4.74 Å². The zero-order chi connectivity index (χ0) is 10.8. The first kappa shape index (κ1) is 12.6. The Morgan fingerprint density at radius 1 is 1.33 bits per heavy atom. The van der Waals surface area contributed by atoms with E-state index >= 15 is 0 Å². The Morgan fingerprint density at radius 3 is 2.53 bits per heavy atom. The van der Waals surface area contributed by atoms with Gasteiger partial charge in [-0.25, -0.2) is 0 Å². The van der Waals surface area contributed by atoms with E-state index in [0.717, 1.165) is 26.1 Å². The lowest BCUT2D eigenvalue weighted by Gasteiger charge is -2.26. The molecule has 0 aliphatic carbocycles. The fourth-order valence-corrected chi connectivity index (χ4v) is 6.08. The zero-order valence-electron chi connectivity index (χ0n) is 8.01. The van der Waals surface area contributed by atoms with Crippen LogP contribution >= 0.6 is 59.1 Å². The summed E-state index contributed by atoms with van der Waals surface area (Å²) in [6.07, 6.45) is 2.30. The number of thiophene rings is 1. The number of alkyl halides is 1. The van der Waals surface area contributed by atoms with Gasteiger partial charge in [0.25, 0.3) is 0 Å². The molecule has 1 atom stereocenters. The van der Waals surface area contributed by atoms with Crippen LogP contribution in [0, 0.1) is 5.92 Å². The molecule has 0 bridgehead atoms. The predicted molar refractivity (Wildman–Crippen MR) is 74.9 cm³/mol. The molecule has 0 spiro atoms. The van der Waals surface area contributed by atoms with Gasteiger partial charge in [0.15, 0.2) is 0 Å². The molecule has 2 rings (SSSR count). The average Bonchev–Trinajstić information content (AvgIpc) is 2.58. The Balaban J connectivity index is 2.12. The van der Waals surface area contributed by atoms with Gasteiger partial charge in [-0.05, 0) is 62.2 Å². The van der Waals surface area contributed by atoms with Crippen LogP contribution in [0.4, 0.5) is 0 Å². The number of hydrogen-bond donors (Lipinski definition) is 0. The quantitative estimate of drug-likeness (QED) is 0.604. The molecule has 5 heteroatoms. The van der Waals surface area contributed by atoms with E-state index < -0.39 is 0 Å². The summed E-state index contributed by atoms with van der Waals surface area (Å²) in [5.41, 5.74) is 1.36. The monoisotopic (exact) mass is 416 g/mol. The summed E-state index contributed by atoms with van der Waals surface area (Å²) in [5, 5.41) is 0. The Bertz CT molecular complexity index is 333. The van der Waals surface area contributed by atoms with Gasteiger partial charge in [0.1, 0.15) is 0 Å². The molecular weight excluding hydrogens is 408 g/mol. The SMILES string of the molecule is Brc1cc(C(Br)C2CCOCC2)c(Br)s1. The van der Waals surface area contributed by atoms with Gasteiger partial charge in [-0.2, -0.15) is 0 Å². The van der Waals surface area contributed by atoms with E-state index in [2.05, 4.69) is 53.9 Å². The van der Waals surface area contributed by atoms with Gasteiger partial charge in [0, 0.05) is 18.0 Å². The fraction of sp³-hybridized carbons (Fsp3) is 0.600. The summed E-state index contributed by atoms with van der Waals surface area (Å²) in [5.74, 6) is 0.691. The summed E-state index contributed by atoms with van der Waals surface area (Å²) in [4.78, 5) is 0.443. The predicted octanol–water partition coefficient (Wildman–Crippen LogP) is 5.14. The first-order valence-electron chi connectivity index (χ1n) is 4.85. The van der Waals surface area contributed by atoms with Crippen molar-refractivity contribution in [3.63, 3.8) is 0 Å². The molecule has 0 radical (unpaired) electrons. The van der Waals surface area contributed by atoms with Crippen LogP contribution in [0.25, 0.3) is 0 Å². The molecule has 1 nitrogen and oxygen atoms in total. The molecule has 1 aromatic rings. The van der Waals surface area contributed by atoms with Crippen LogP contribution < -0.4 is 0 Å². The van der Waals surface area contributed by atoms with Crippen molar-refractivity contribution in [1.82, 2.24) is 0 Å². The molecule has 1 saturated heterocycles. The second-order valence-electron chi connectivity index (χ2n) is 3.63. The van der Waals surface area contributed by atoms with E-state index in [9.17, 15) is 0 Å². The average molecular weight is 419 g/mol. The van der Waals surface area contributed by atoms with Crippen molar-refractivity contribution in [3.8, 4) is 0 Å². The molecular formula is C10H11Br3OS. The van der Waals surface area contributed by atoms with Gasteiger partial charge in [0.05, 0.1) is 7.57 Å². The topological polar surface area (TPSA) is 9.23 Å². The molecule has 1 aromatic heterocycles. The minimum atomic E-state index is 0.443. The standard InChI is InChI=1S/C10H11Br3OS/c11-8-5-7(10(13)15-8)9(12)6-1-3-14-4-2-6/h5-6,9H,1-4H2. The van der Waals surface area contributed by atoms with Gasteiger partial charge in [-0.15, -0.1) is 11.3 Å². The number of rotatable bonds is 2. The molecule has 2 heterocycles. The van der Waals surface area contributed by atoms with Gasteiger partial charge >= 0.3 is 0 Å². The summed E-state index contributed by atoms with van der Waals surface area (Å²) >= 11 is 12.7. The van der Waals surface area contributed by atoms with Gasteiger partial charge in [-0.3, -0.25) is 0 Å². The Labute approximate surface area is 119 Å². The molecule has 84 valence electrons. The smallest absolute Gasteiger partial charge is 0.0753 e. The largest absolute Gasteiger partial charge is 0.381 e. The molecule has 1 unspecified atom stereocenters. The van der Waals surface area contributed by atoms with Crippen molar-refractivity contribution >= 4 is 59.1 Å². The molecule has 1 aliphatic heterocycles. The van der Waals surface area contributed by atoms with E-state index in [1.54, 1.807) is 11.3 Å². The molecule has 0 saturated carbocycles. The lowest BCUT2D eigenvalue weighted by molar-refractivity contribution is 0.0662. The van der Waals surface area contributed by atoms with Crippen LogP contribution in [-0.4, -0.2) is 13.2 Å². The van der Waals surface area contributed by atoms with Crippen LogP contribution in [0.3, 0.4) is 0 Å². The van der Waals surface area contributed by atoms with Crippen molar-refractivity contribution in [1.29, 1.82) is 0 Å². The second-order valence-corrected chi connectivity index (χ2v) is 8.37. The Kier molecular flexibility index (Phi) is 4.71. The Hall–Kier alpha value is 1.10. The Morgan fingerprint density at radius 2 is 2.00 bits per heavy atom. The third kappa shape index (κ3) is 3.06. The summed E-state index contributed by atoms with van der Waals surface area (Å²) < 4.78 is 7.79. The zero-order valence-corrected chi connectivity index (χ0v) is 13.6. The molecule has 0 N–H and O–H groups in total. The van der Waals surface area contributed by atoms with Crippen molar-refractivity contribution in [2.45, 2.75) is 17.7 Å². The van der Waals surface area contributed by atoms with Crippen LogP contribution in [-0.2, 0) is 4.74 Å². The van der Waals surface area contributed by atoms with E-state index in [-0.39, 0.29) is 0 Å². The third-order valence-corrected chi connectivity index (χ3v) is 6.29. The van der Waals surface area contributed by atoms with Crippen molar-refractivity contribution in [3.05, 3.63) is 19.2 Å². The van der Waals surface area contributed by atoms with E-state index in [4.69, 9.17) is 4.74 Å². The molecule has 1 fully saturated rings. The fourth-order valence-electron chi connectivity index (χ4n) is 1.80. The number of hydrogen-bond acceptors (Lipinski definition) is 2. The second kappa shape index (κ2) is 5.63. The van der Waals surface area contributed by atoms with Crippen molar-refractivity contribution in [2.75, 3.05) is 13.2 Å². The maximum Gasteiger partial charge on any atom is 0.0753 e. The molecule has 1 aliphatic rings. The molecule has 0 aromatic carbocycles. The lowest BCUT2D eigenvalue weighted by atomic mass is 9.93. The lowest BCUT2D eigenvalue weighted by Crippen LogP contribution is -2.19. The first-order valence-corrected chi connectivity index (χ1v) is 8.17. The minimum absolute atomic E-state index is 0.443. The summed E-state index contributed by atoms with van der Waals surface area (Å²) in [6, 6.07) is 2.20. The maximum absolute atomic E-state index is 5.38. The molecule has 0 amide bonds. The highest BCUT2D eigenvalue weighted by Gasteiger charge is 2.25. The van der Waals surface area contributed by atoms with E-state index in [1.807, 2.05) is 0 Å². The highest BCUT2D eigenvalue weighted by atomic mass is 79.9. The highest BCUT2D eigenvalue weighted by Crippen LogP contribution is 2.44. The van der Waals surface area contributed by atoms with Crippen molar-refractivity contribution in [2.24, 2.45) is 5.92 Å². The van der Waals surface area contributed by atoms with Crippen LogP contribution in [0.2, 0.25) is 0 Å². The normalized spacial score (nSPS) is 20.5. The number of halogens is 3. The van der Waals surface area contributed by atoms with E-state index in [1.165, 1.54) is 13.1 Å². The van der Waals surface area contributed by atoms with Gasteiger partial charge < -0.3 is 4.74 Å². The third-order valence-electron chi connectivity index (χ3n) is 2.66. The highest BCUT2D eigenvalue weighted by molar-refractivity contribution is 9.12. The van der Waals surface area contributed by atoms with Gasteiger partial charge in [0.2, 0.25) is 0 Å². The molecule has 15 heavy (non-hydrogen) atoms. The summed E-state index contributed by atoms with van der Waals surface area (Å²) in [6.45, 7) is 1.80. The maximum atomic E-state index is 5.38. The van der Waals surface area contributed by atoms with Crippen LogP contribution in [0.5, 0.6) is 0 Å². The van der Waals surface area contributed by atoms with Crippen LogP contribution in [0.15, 0.2) is 13.6 Å².